The molecule has 0 spiro atoms. The molecule has 0 aromatic heterocycles. The van der Waals surface area contributed by atoms with Gasteiger partial charge in [-0.25, -0.2) is 0 Å². The summed E-state index contributed by atoms with van der Waals surface area (Å²) in [4.78, 5) is 11.5. The van der Waals surface area contributed by atoms with Gasteiger partial charge in [-0.2, -0.15) is 0 Å². The third-order valence-electron chi connectivity index (χ3n) is 3.96. The molecule has 0 atom stereocenters. The standard InChI is InChI=1S/C15H17ClO2/c16-15-8-10-4-5-13(17)7-11(10)6-12(15)9-18-14-2-1-3-14/h6,8,14H,1-5,7,9H2. The Balaban J connectivity index is 1.76. The van der Waals surface area contributed by atoms with Gasteiger partial charge in [-0.1, -0.05) is 17.7 Å². The zero-order valence-electron chi connectivity index (χ0n) is 10.4. The molecule has 1 aromatic rings. The van der Waals surface area contributed by atoms with Crippen LogP contribution in [0, 0.1) is 0 Å². The van der Waals surface area contributed by atoms with Crippen LogP contribution in [0.15, 0.2) is 12.1 Å². The molecule has 1 saturated carbocycles. The van der Waals surface area contributed by atoms with Crippen LogP contribution < -0.4 is 0 Å². The van der Waals surface area contributed by atoms with E-state index in [1.165, 1.54) is 24.8 Å². The minimum absolute atomic E-state index is 0.329. The van der Waals surface area contributed by atoms with Gasteiger partial charge in [-0.15, -0.1) is 0 Å². The number of ether oxygens (including phenoxy) is 1. The molecule has 0 radical (unpaired) electrons. The molecule has 2 aliphatic rings. The molecule has 0 amide bonds. The summed E-state index contributed by atoms with van der Waals surface area (Å²) in [7, 11) is 0. The Morgan fingerprint density at radius 3 is 2.78 bits per heavy atom. The van der Waals surface area contributed by atoms with Crippen molar-refractivity contribution in [1.29, 1.82) is 0 Å². The molecular formula is C15H17ClO2. The molecule has 0 bridgehead atoms. The summed E-state index contributed by atoms with van der Waals surface area (Å²) in [6, 6.07) is 4.08. The Kier molecular flexibility index (Phi) is 3.40. The van der Waals surface area contributed by atoms with Crippen LogP contribution >= 0.6 is 11.6 Å². The van der Waals surface area contributed by atoms with Crippen LogP contribution in [0.3, 0.4) is 0 Å². The predicted octanol–water partition coefficient (Wildman–Crippen LogP) is 3.47. The van der Waals surface area contributed by atoms with Crippen molar-refractivity contribution in [1.82, 2.24) is 0 Å². The minimum atomic E-state index is 0.329. The molecule has 2 aliphatic carbocycles. The topological polar surface area (TPSA) is 26.3 Å². The summed E-state index contributed by atoms with van der Waals surface area (Å²) < 4.78 is 5.79. The number of aryl methyl sites for hydroxylation is 1. The van der Waals surface area contributed by atoms with Crippen LogP contribution in [0.1, 0.15) is 42.4 Å². The van der Waals surface area contributed by atoms with E-state index in [9.17, 15) is 4.79 Å². The highest BCUT2D eigenvalue weighted by Gasteiger charge is 2.20. The molecule has 0 N–H and O–H groups in total. The molecule has 0 aliphatic heterocycles. The smallest absolute Gasteiger partial charge is 0.137 e. The van der Waals surface area contributed by atoms with Crippen LogP contribution in [0.25, 0.3) is 0 Å². The van der Waals surface area contributed by atoms with E-state index in [-0.39, 0.29) is 0 Å². The zero-order valence-corrected chi connectivity index (χ0v) is 11.1. The molecule has 3 heteroatoms. The normalized spacial score (nSPS) is 19.5. The lowest BCUT2D eigenvalue weighted by molar-refractivity contribution is -0.118. The fourth-order valence-corrected chi connectivity index (χ4v) is 2.78. The van der Waals surface area contributed by atoms with E-state index in [0.717, 1.165) is 22.6 Å². The van der Waals surface area contributed by atoms with Crippen molar-refractivity contribution in [3.8, 4) is 0 Å². The number of Topliss-reactive ketones (excluding diaryl/α,β-unsaturated/α-hetero) is 1. The van der Waals surface area contributed by atoms with Gasteiger partial charge in [0.05, 0.1) is 12.7 Å². The molecule has 18 heavy (non-hydrogen) atoms. The van der Waals surface area contributed by atoms with Crippen LogP contribution in [0.2, 0.25) is 5.02 Å². The largest absolute Gasteiger partial charge is 0.373 e. The molecule has 2 nitrogen and oxygen atoms in total. The molecule has 1 aromatic carbocycles. The van der Waals surface area contributed by atoms with E-state index in [1.807, 2.05) is 6.07 Å². The average Bonchev–Trinajstić information content (AvgIpc) is 2.28. The van der Waals surface area contributed by atoms with E-state index < -0.39 is 0 Å². The highest BCUT2D eigenvalue weighted by molar-refractivity contribution is 6.31. The fraction of sp³-hybridized carbons (Fsp3) is 0.533. The maximum atomic E-state index is 11.5. The second-order valence-corrected chi connectivity index (χ2v) is 5.70. The van der Waals surface area contributed by atoms with Crippen LogP contribution in [0.5, 0.6) is 0 Å². The monoisotopic (exact) mass is 264 g/mol. The molecule has 0 heterocycles. The summed E-state index contributed by atoms with van der Waals surface area (Å²) in [5.74, 6) is 0.329. The molecule has 96 valence electrons. The van der Waals surface area contributed by atoms with Gasteiger partial charge in [-0.05, 0) is 48.4 Å². The number of halogens is 1. The summed E-state index contributed by atoms with van der Waals surface area (Å²) >= 11 is 6.28. The van der Waals surface area contributed by atoms with Gasteiger partial charge in [0.15, 0.2) is 0 Å². The number of hydrogen-bond acceptors (Lipinski definition) is 2. The first-order valence-corrected chi connectivity index (χ1v) is 7.03. The first-order valence-electron chi connectivity index (χ1n) is 6.66. The first-order chi connectivity index (χ1) is 8.72. The van der Waals surface area contributed by atoms with Gasteiger partial charge in [0.1, 0.15) is 5.78 Å². The van der Waals surface area contributed by atoms with Gasteiger partial charge in [0, 0.05) is 17.9 Å². The number of carbonyl (C=O) groups is 1. The molecular weight excluding hydrogens is 248 g/mol. The van der Waals surface area contributed by atoms with Crippen molar-refractivity contribution in [2.24, 2.45) is 0 Å². The van der Waals surface area contributed by atoms with Gasteiger partial charge < -0.3 is 4.74 Å². The lowest BCUT2D eigenvalue weighted by atomic mass is 9.89. The number of carbonyl (C=O) groups excluding carboxylic acids is 1. The Bertz CT molecular complexity index is 478. The van der Waals surface area contributed by atoms with Crippen molar-refractivity contribution in [2.75, 3.05) is 0 Å². The Morgan fingerprint density at radius 2 is 2.06 bits per heavy atom. The van der Waals surface area contributed by atoms with Crippen molar-refractivity contribution in [3.05, 3.63) is 33.8 Å². The lowest BCUT2D eigenvalue weighted by Gasteiger charge is -2.26. The predicted molar refractivity (Wildman–Crippen MR) is 70.9 cm³/mol. The number of fused-ring (bicyclic) bond motifs is 1. The average molecular weight is 265 g/mol. The third-order valence-corrected chi connectivity index (χ3v) is 4.31. The third kappa shape index (κ3) is 2.45. The lowest BCUT2D eigenvalue weighted by Crippen LogP contribution is -2.21. The van der Waals surface area contributed by atoms with Crippen LogP contribution in [-0.2, 0) is 29.0 Å². The summed E-state index contributed by atoms with van der Waals surface area (Å²) in [5, 5.41) is 0.780. The highest BCUT2D eigenvalue weighted by Crippen LogP contribution is 2.29. The second-order valence-electron chi connectivity index (χ2n) is 5.29. The van der Waals surface area contributed by atoms with E-state index >= 15 is 0 Å². The molecule has 0 saturated heterocycles. The van der Waals surface area contributed by atoms with E-state index in [0.29, 0.717) is 31.3 Å². The van der Waals surface area contributed by atoms with E-state index in [2.05, 4.69) is 6.07 Å². The van der Waals surface area contributed by atoms with Gasteiger partial charge in [-0.3, -0.25) is 4.79 Å². The fourth-order valence-electron chi connectivity index (χ4n) is 2.54. The van der Waals surface area contributed by atoms with Crippen molar-refractivity contribution < 1.29 is 9.53 Å². The maximum Gasteiger partial charge on any atom is 0.137 e. The maximum absolute atomic E-state index is 11.5. The first kappa shape index (κ1) is 12.2. The van der Waals surface area contributed by atoms with Gasteiger partial charge in [0.2, 0.25) is 0 Å². The highest BCUT2D eigenvalue weighted by atomic mass is 35.5. The quantitative estimate of drug-likeness (QED) is 0.836. The summed E-state index contributed by atoms with van der Waals surface area (Å²) in [6.07, 6.45) is 6.07. The Morgan fingerprint density at radius 1 is 1.22 bits per heavy atom. The summed E-state index contributed by atoms with van der Waals surface area (Å²) in [5.41, 5.74) is 3.40. The van der Waals surface area contributed by atoms with Crippen LogP contribution in [0.4, 0.5) is 0 Å². The molecule has 1 fully saturated rings. The second kappa shape index (κ2) is 5.02. The van der Waals surface area contributed by atoms with Gasteiger partial charge >= 0.3 is 0 Å². The van der Waals surface area contributed by atoms with Crippen molar-refractivity contribution in [3.63, 3.8) is 0 Å². The number of ketones is 1. The van der Waals surface area contributed by atoms with E-state index in [1.54, 1.807) is 0 Å². The number of rotatable bonds is 3. The SMILES string of the molecule is O=C1CCc2cc(Cl)c(COC3CCC3)cc2C1. The molecule has 3 rings (SSSR count). The Hall–Kier alpha value is -0.860. The number of hydrogen-bond donors (Lipinski definition) is 0. The van der Waals surface area contributed by atoms with Gasteiger partial charge in [0.25, 0.3) is 0 Å². The van der Waals surface area contributed by atoms with Crippen molar-refractivity contribution in [2.45, 2.75) is 51.2 Å². The zero-order chi connectivity index (χ0) is 12.5. The number of benzene rings is 1. The van der Waals surface area contributed by atoms with Crippen molar-refractivity contribution >= 4 is 17.4 Å². The Labute approximate surface area is 112 Å². The molecule has 0 unspecified atom stereocenters. The minimum Gasteiger partial charge on any atom is -0.373 e. The van der Waals surface area contributed by atoms with E-state index in [4.69, 9.17) is 16.3 Å². The summed E-state index contributed by atoms with van der Waals surface area (Å²) in [6.45, 7) is 0.574. The van der Waals surface area contributed by atoms with Crippen LogP contribution in [-0.4, -0.2) is 11.9 Å².